The molecule has 0 aromatic carbocycles. The van der Waals surface area contributed by atoms with Crippen molar-refractivity contribution in [3.63, 3.8) is 0 Å². The van der Waals surface area contributed by atoms with Crippen molar-refractivity contribution >= 4 is 11.4 Å². The van der Waals surface area contributed by atoms with Crippen molar-refractivity contribution < 1.29 is 10.4 Å². The molecule has 0 fully saturated rings. The highest BCUT2D eigenvalue weighted by atomic mass is 16.4. The first-order valence-corrected chi connectivity index (χ1v) is 3.66. The van der Waals surface area contributed by atoms with Gasteiger partial charge in [-0.25, -0.2) is 0 Å². The highest BCUT2D eigenvalue weighted by Gasteiger charge is 2.03. The summed E-state index contributed by atoms with van der Waals surface area (Å²) in [6.07, 6.45) is 2.62. The number of hydrogen-bond acceptors (Lipinski definition) is 4. The molecule has 0 saturated carbocycles. The molecule has 0 radical (unpaired) electrons. The van der Waals surface area contributed by atoms with Crippen LogP contribution in [-0.2, 0) is 0 Å². The van der Waals surface area contributed by atoms with Crippen molar-refractivity contribution in [2.45, 2.75) is 33.1 Å². The molecule has 0 aromatic rings. The van der Waals surface area contributed by atoms with E-state index in [-0.39, 0.29) is 0 Å². The zero-order valence-electron chi connectivity index (χ0n) is 6.91. The molecule has 0 bridgehead atoms. The average molecular weight is 158 g/mol. The third kappa shape index (κ3) is 3.60. The lowest BCUT2D eigenvalue weighted by Crippen LogP contribution is -2.10. The molecule has 4 nitrogen and oxygen atoms in total. The van der Waals surface area contributed by atoms with E-state index in [0.29, 0.717) is 17.8 Å². The minimum atomic E-state index is 0.376. The molecule has 0 unspecified atom stereocenters. The number of unbranched alkanes of at least 4 members (excludes halogenated alkanes) is 1. The van der Waals surface area contributed by atoms with Crippen LogP contribution in [0.1, 0.15) is 33.1 Å². The van der Waals surface area contributed by atoms with E-state index < -0.39 is 0 Å². The van der Waals surface area contributed by atoms with Crippen LogP contribution in [0.2, 0.25) is 0 Å². The number of hydrogen-bond donors (Lipinski definition) is 2. The molecule has 0 rings (SSSR count). The third-order valence-corrected chi connectivity index (χ3v) is 1.46. The normalized spacial score (nSPS) is 13.6. The number of nitrogens with zero attached hydrogens (tertiary/aromatic N) is 2. The summed E-state index contributed by atoms with van der Waals surface area (Å²) in [6, 6.07) is 0. The molecule has 0 spiro atoms. The molecule has 0 aromatic heterocycles. The van der Waals surface area contributed by atoms with Crippen LogP contribution >= 0.6 is 0 Å². The quantitative estimate of drug-likeness (QED) is 0.372. The van der Waals surface area contributed by atoms with Gasteiger partial charge < -0.3 is 10.4 Å². The predicted molar refractivity (Wildman–Crippen MR) is 43.6 cm³/mol. The average Bonchev–Trinajstić information content (AvgIpc) is 2.05. The van der Waals surface area contributed by atoms with Gasteiger partial charge in [0.2, 0.25) is 0 Å². The van der Waals surface area contributed by atoms with Crippen molar-refractivity contribution in [2.24, 2.45) is 10.3 Å². The first kappa shape index (κ1) is 9.94. The van der Waals surface area contributed by atoms with Crippen molar-refractivity contribution in [1.82, 2.24) is 0 Å². The zero-order chi connectivity index (χ0) is 8.69. The predicted octanol–water partition coefficient (Wildman–Crippen LogP) is 1.86. The molecular formula is C7H14N2O2. The van der Waals surface area contributed by atoms with Crippen molar-refractivity contribution in [3.8, 4) is 0 Å². The van der Waals surface area contributed by atoms with Crippen molar-refractivity contribution in [2.75, 3.05) is 0 Å². The second-order valence-corrected chi connectivity index (χ2v) is 2.34. The van der Waals surface area contributed by atoms with Gasteiger partial charge in [-0.15, -0.1) is 0 Å². The van der Waals surface area contributed by atoms with Crippen molar-refractivity contribution in [3.05, 3.63) is 0 Å². The molecule has 0 amide bonds. The van der Waals surface area contributed by atoms with Crippen LogP contribution in [0.5, 0.6) is 0 Å². The molecule has 4 heteroatoms. The second-order valence-electron chi connectivity index (χ2n) is 2.34. The molecule has 64 valence electrons. The monoisotopic (exact) mass is 158 g/mol. The fourth-order valence-corrected chi connectivity index (χ4v) is 0.705. The van der Waals surface area contributed by atoms with Gasteiger partial charge in [0.15, 0.2) is 0 Å². The fourth-order valence-electron chi connectivity index (χ4n) is 0.705. The molecule has 0 aliphatic carbocycles. The topological polar surface area (TPSA) is 65.2 Å². The highest BCUT2D eigenvalue weighted by Crippen LogP contribution is 1.98. The number of oxime groups is 2. The van der Waals surface area contributed by atoms with Crippen LogP contribution in [0.25, 0.3) is 0 Å². The van der Waals surface area contributed by atoms with Crippen LogP contribution in [-0.4, -0.2) is 21.8 Å². The summed E-state index contributed by atoms with van der Waals surface area (Å²) < 4.78 is 0. The minimum absolute atomic E-state index is 0.376. The van der Waals surface area contributed by atoms with Gasteiger partial charge >= 0.3 is 0 Å². The van der Waals surface area contributed by atoms with Crippen molar-refractivity contribution in [1.29, 1.82) is 0 Å². The Morgan fingerprint density at radius 1 is 1.27 bits per heavy atom. The van der Waals surface area contributed by atoms with Crippen LogP contribution in [0.15, 0.2) is 10.3 Å². The van der Waals surface area contributed by atoms with Crippen LogP contribution in [0.4, 0.5) is 0 Å². The summed E-state index contributed by atoms with van der Waals surface area (Å²) in [6.45, 7) is 3.64. The van der Waals surface area contributed by atoms with Crippen LogP contribution in [0, 0.1) is 0 Å². The third-order valence-electron chi connectivity index (χ3n) is 1.46. The smallest absolute Gasteiger partial charge is 0.104 e. The first-order valence-electron chi connectivity index (χ1n) is 3.66. The van der Waals surface area contributed by atoms with E-state index in [0.717, 1.165) is 12.8 Å². The van der Waals surface area contributed by atoms with Gasteiger partial charge in [-0.05, 0) is 19.8 Å². The highest BCUT2D eigenvalue weighted by molar-refractivity contribution is 6.41. The first-order chi connectivity index (χ1) is 5.26. The van der Waals surface area contributed by atoms with Gasteiger partial charge in [-0.2, -0.15) is 0 Å². The van der Waals surface area contributed by atoms with Crippen LogP contribution < -0.4 is 0 Å². The van der Waals surface area contributed by atoms with Gasteiger partial charge in [0, 0.05) is 0 Å². The van der Waals surface area contributed by atoms with E-state index in [9.17, 15) is 0 Å². The van der Waals surface area contributed by atoms with E-state index in [4.69, 9.17) is 10.4 Å². The lowest BCUT2D eigenvalue weighted by Gasteiger charge is -1.99. The molecule has 0 saturated heterocycles. The molecular weight excluding hydrogens is 144 g/mol. The maximum atomic E-state index is 8.45. The summed E-state index contributed by atoms with van der Waals surface area (Å²) in [5, 5.41) is 22.7. The summed E-state index contributed by atoms with van der Waals surface area (Å²) in [5.41, 5.74) is 0.829. The Labute approximate surface area is 66.2 Å². The maximum Gasteiger partial charge on any atom is 0.104 e. The Balaban J connectivity index is 3.98. The maximum absolute atomic E-state index is 8.45. The Kier molecular flexibility index (Phi) is 5.15. The molecule has 0 aliphatic rings. The second kappa shape index (κ2) is 5.70. The van der Waals surface area contributed by atoms with Gasteiger partial charge in [-0.1, -0.05) is 23.7 Å². The molecule has 0 heterocycles. The molecule has 11 heavy (non-hydrogen) atoms. The van der Waals surface area contributed by atoms with E-state index in [2.05, 4.69) is 10.3 Å². The van der Waals surface area contributed by atoms with Gasteiger partial charge in [0.1, 0.15) is 11.4 Å². The Morgan fingerprint density at radius 2 is 1.91 bits per heavy atom. The fraction of sp³-hybridized carbons (Fsp3) is 0.714. The van der Waals surface area contributed by atoms with Gasteiger partial charge in [0.05, 0.1) is 0 Å². The van der Waals surface area contributed by atoms with E-state index in [1.165, 1.54) is 0 Å². The summed E-state index contributed by atoms with van der Waals surface area (Å²) >= 11 is 0. The summed E-state index contributed by atoms with van der Waals surface area (Å²) in [7, 11) is 0. The largest absolute Gasteiger partial charge is 0.411 e. The lowest BCUT2D eigenvalue weighted by molar-refractivity contribution is 0.313. The van der Waals surface area contributed by atoms with Crippen LogP contribution in [0.3, 0.4) is 0 Å². The number of rotatable bonds is 4. The Hall–Kier alpha value is -1.06. The summed E-state index contributed by atoms with van der Waals surface area (Å²) in [4.78, 5) is 0. The molecule has 2 N–H and O–H groups in total. The van der Waals surface area contributed by atoms with E-state index >= 15 is 0 Å². The standard InChI is InChI=1S/C7H14N2O2/c1-3-4-5-7(9-11)6(2)8-10/h10-11H,3-5H2,1-2H3. The molecule has 0 atom stereocenters. The van der Waals surface area contributed by atoms with Gasteiger partial charge in [0.25, 0.3) is 0 Å². The Bertz CT molecular complexity index is 164. The van der Waals surface area contributed by atoms with E-state index in [1.54, 1.807) is 6.92 Å². The minimum Gasteiger partial charge on any atom is -0.411 e. The molecule has 0 aliphatic heterocycles. The van der Waals surface area contributed by atoms with Gasteiger partial charge in [-0.3, -0.25) is 0 Å². The lowest BCUT2D eigenvalue weighted by atomic mass is 10.1. The SMILES string of the molecule is CCCCC(=NO)C(C)=NO. The zero-order valence-corrected chi connectivity index (χ0v) is 6.91. The van der Waals surface area contributed by atoms with E-state index in [1.807, 2.05) is 6.92 Å². The summed E-state index contributed by atoms with van der Waals surface area (Å²) in [5.74, 6) is 0. The Morgan fingerprint density at radius 3 is 2.27 bits per heavy atom.